The number of aliphatic carboxylic acids is 1. The molecule has 0 saturated carbocycles. The van der Waals surface area contributed by atoms with Crippen LogP contribution in [0.3, 0.4) is 0 Å². The van der Waals surface area contributed by atoms with Gasteiger partial charge >= 0.3 is 5.97 Å². The molecular weight excluding hydrogens is 343 g/mol. The number of para-hydroxylation sites is 1. The number of hydrogen-bond donors (Lipinski definition) is 1. The summed E-state index contributed by atoms with van der Waals surface area (Å²) in [6, 6.07) is 5.01. The number of aryl methyl sites for hydroxylation is 1. The normalized spacial score (nSPS) is 10.6. The Hall–Kier alpha value is -2.12. The van der Waals surface area contributed by atoms with Crippen molar-refractivity contribution in [2.24, 2.45) is 0 Å². The summed E-state index contributed by atoms with van der Waals surface area (Å²) in [6.45, 7) is 1.40. The highest BCUT2D eigenvalue weighted by molar-refractivity contribution is 6.37. The third-order valence-electron chi connectivity index (χ3n) is 3.05. The van der Waals surface area contributed by atoms with Crippen molar-refractivity contribution in [3.8, 4) is 5.69 Å². The molecule has 1 heterocycles. The van der Waals surface area contributed by atoms with Gasteiger partial charge in [-0.1, -0.05) is 36.2 Å². The number of likely N-dealkylation sites (N-methyl/N-ethyl adjacent to an activating group) is 1. The molecule has 0 aliphatic carbocycles. The Kier molecular flexibility index (Phi) is 5.23. The molecule has 0 aliphatic rings. The molecule has 0 radical (unpaired) electrons. The zero-order valence-electron chi connectivity index (χ0n) is 12.5. The van der Waals surface area contributed by atoms with Crippen molar-refractivity contribution in [2.45, 2.75) is 13.3 Å². The van der Waals surface area contributed by atoms with Gasteiger partial charge in [-0.25, -0.2) is 9.67 Å². The van der Waals surface area contributed by atoms with E-state index in [4.69, 9.17) is 28.3 Å². The molecule has 2 rings (SSSR count). The van der Waals surface area contributed by atoms with Crippen LogP contribution in [-0.2, 0) is 11.2 Å². The SMILES string of the molecule is CCc1nc(C(=O)N(C)CC(=O)O)nn1-c1c(Cl)cccc1Cl. The van der Waals surface area contributed by atoms with Crippen molar-refractivity contribution in [1.82, 2.24) is 19.7 Å². The van der Waals surface area contributed by atoms with Crippen LogP contribution in [-0.4, -0.2) is 50.2 Å². The topological polar surface area (TPSA) is 88.3 Å². The maximum absolute atomic E-state index is 12.2. The highest BCUT2D eigenvalue weighted by atomic mass is 35.5. The monoisotopic (exact) mass is 356 g/mol. The van der Waals surface area contributed by atoms with Crippen LogP contribution in [0, 0.1) is 0 Å². The lowest BCUT2D eigenvalue weighted by Gasteiger charge is -2.11. The first kappa shape index (κ1) is 17.2. The minimum absolute atomic E-state index is 0.110. The number of rotatable bonds is 5. The van der Waals surface area contributed by atoms with Gasteiger partial charge in [0.15, 0.2) is 0 Å². The second-order valence-electron chi connectivity index (χ2n) is 4.74. The number of carboxylic acids is 1. The van der Waals surface area contributed by atoms with Gasteiger partial charge in [0.1, 0.15) is 18.1 Å². The summed E-state index contributed by atoms with van der Waals surface area (Å²) >= 11 is 12.3. The largest absolute Gasteiger partial charge is 0.480 e. The standard InChI is InChI=1S/C14H14Cl2N4O3/c1-3-10-17-13(14(23)19(2)7-11(21)22)18-20(10)12-8(15)5-4-6-9(12)16/h4-6H,3,7H2,1-2H3,(H,21,22). The van der Waals surface area contributed by atoms with E-state index in [2.05, 4.69) is 10.1 Å². The Morgan fingerprint density at radius 2 is 1.91 bits per heavy atom. The van der Waals surface area contributed by atoms with Gasteiger partial charge in [-0.2, -0.15) is 0 Å². The molecule has 0 atom stereocenters. The number of hydrogen-bond acceptors (Lipinski definition) is 4. The van der Waals surface area contributed by atoms with Gasteiger partial charge in [-0.05, 0) is 12.1 Å². The molecule has 122 valence electrons. The van der Waals surface area contributed by atoms with E-state index in [0.29, 0.717) is 28.0 Å². The van der Waals surface area contributed by atoms with Crippen molar-refractivity contribution in [1.29, 1.82) is 0 Å². The smallest absolute Gasteiger partial charge is 0.323 e. The fourth-order valence-electron chi connectivity index (χ4n) is 1.98. The van der Waals surface area contributed by atoms with Crippen molar-refractivity contribution >= 4 is 35.1 Å². The number of halogens is 2. The lowest BCUT2D eigenvalue weighted by atomic mass is 10.3. The highest BCUT2D eigenvalue weighted by Crippen LogP contribution is 2.28. The lowest BCUT2D eigenvalue weighted by Crippen LogP contribution is -2.32. The fraction of sp³-hybridized carbons (Fsp3) is 0.286. The van der Waals surface area contributed by atoms with E-state index in [9.17, 15) is 9.59 Å². The molecule has 0 bridgehead atoms. The van der Waals surface area contributed by atoms with Crippen LogP contribution < -0.4 is 0 Å². The maximum atomic E-state index is 12.2. The van der Waals surface area contributed by atoms with Gasteiger partial charge in [-0.3, -0.25) is 9.59 Å². The highest BCUT2D eigenvalue weighted by Gasteiger charge is 2.23. The molecule has 0 unspecified atom stereocenters. The molecule has 0 aliphatic heterocycles. The van der Waals surface area contributed by atoms with Crippen LogP contribution in [0.5, 0.6) is 0 Å². The number of carboxylic acid groups (broad SMARTS) is 1. The Labute approximate surface area is 142 Å². The average molecular weight is 357 g/mol. The van der Waals surface area contributed by atoms with Crippen LogP contribution in [0.2, 0.25) is 10.0 Å². The van der Waals surface area contributed by atoms with E-state index < -0.39 is 18.4 Å². The molecule has 1 aromatic carbocycles. The number of nitrogens with zero attached hydrogens (tertiary/aromatic N) is 4. The van der Waals surface area contributed by atoms with E-state index in [1.165, 1.54) is 11.7 Å². The average Bonchev–Trinajstić information content (AvgIpc) is 2.89. The third-order valence-corrected chi connectivity index (χ3v) is 3.66. The Morgan fingerprint density at radius 3 is 2.43 bits per heavy atom. The lowest BCUT2D eigenvalue weighted by molar-refractivity contribution is -0.137. The third kappa shape index (κ3) is 3.62. The summed E-state index contributed by atoms with van der Waals surface area (Å²) in [4.78, 5) is 28.1. The number of carbonyl (C=O) groups excluding carboxylic acids is 1. The quantitative estimate of drug-likeness (QED) is 0.887. The van der Waals surface area contributed by atoms with Gasteiger partial charge in [0.25, 0.3) is 5.91 Å². The van der Waals surface area contributed by atoms with Crippen molar-refractivity contribution in [3.63, 3.8) is 0 Å². The zero-order valence-corrected chi connectivity index (χ0v) is 14.0. The molecule has 1 amide bonds. The van der Waals surface area contributed by atoms with Crippen LogP contribution in [0.25, 0.3) is 5.69 Å². The molecule has 7 nitrogen and oxygen atoms in total. The minimum Gasteiger partial charge on any atom is -0.480 e. The van der Waals surface area contributed by atoms with Gasteiger partial charge in [0, 0.05) is 13.5 Å². The molecule has 0 fully saturated rings. The number of amides is 1. The molecule has 0 spiro atoms. The summed E-state index contributed by atoms with van der Waals surface area (Å²) in [5.74, 6) is -1.33. The molecule has 1 aromatic heterocycles. The van der Waals surface area contributed by atoms with E-state index in [1.807, 2.05) is 6.92 Å². The Bertz CT molecular complexity index is 740. The second-order valence-corrected chi connectivity index (χ2v) is 5.56. The maximum Gasteiger partial charge on any atom is 0.323 e. The minimum atomic E-state index is -1.12. The van der Waals surface area contributed by atoms with E-state index in [-0.39, 0.29) is 5.82 Å². The summed E-state index contributed by atoms with van der Waals surface area (Å²) in [5, 5.41) is 13.7. The Balaban J connectivity index is 2.46. The predicted octanol–water partition coefficient (Wildman–Crippen LogP) is 2.29. The van der Waals surface area contributed by atoms with Crippen molar-refractivity contribution in [3.05, 3.63) is 39.9 Å². The fourth-order valence-corrected chi connectivity index (χ4v) is 2.54. The van der Waals surface area contributed by atoms with Crippen LogP contribution in [0.15, 0.2) is 18.2 Å². The first-order chi connectivity index (χ1) is 10.8. The van der Waals surface area contributed by atoms with E-state index in [0.717, 1.165) is 4.90 Å². The van der Waals surface area contributed by atoms with E-state index >= 15 is 0 Å². The Morgan fingerprint density at radius 1 is 1.30 bits per heavy atom. The van der Waals surface area contributed by atoms with Crippen molar-refractivity contribution < 1.29 is 14.7 Å². The molecular formula is C14H14Cl2N4O3. The molecule has 0 saturated heterocycles. The first-order valence-corrected chi connectivity index (χ1v) is 7.48. The van der Waals surface area contributed by atoms with Gasteiger partial charge in [0.05, 0.1) is 10.0 Å². The van der Waals surface area contributed by atoms with Crippen LogP contribution in [0.4, 0.5) is 0 Å². The molecule has 9 heteroatoms. The number of benzene rings is 1. The second kappa shape index (κ2) is 6.97. The summed E-state index contributed by atoms with van der Waals surface area (Å²) in [7, 11) is 1.37. The van der Waals surface area contributed by atoms with Crippen molar-refractivity contribution in [2.75, 3.05) is 13.6 Å². The predicted molar refractivity (Wildman–Crippen MR) is 85.4 cm³/mol. The van der Waals surface area contributed by atoms with Gasteiger partial charge < -0.3 is 10.0 Å². The summed E-state index contributed by atoms with van der Waals surface area (Å²) in [6.07, 6.45) is 0.491. The number of aromatic nitrogens is 3. The van der Waals surface area contributed by atoms with Crippen LogP contribution >= 0.6 is 23.2 Å². The molecule has 23 heavy (non-hydrogen) atoms. The molecule has 2 aromatic rings. The first-order valence-electron chi connectivity index (χ1n) is 6.72. The summed E-state index contributed by atoms with van der Waals surface area (Å²) < 4.78 is 1.41. The zero-order chi connectivity index (χ0) is 17.1. The molecule has 1 N–H and O–H groups in total. The summed E-state index contributed by atoms with van der Waals surface area (Å²) in [5.41, 5.74) is 0.431. The van der Waals surface area contributed by atoms with Gasteiger partial charge in [-0.15, -0.1) is 5.10 Å². The van der Waals surface area contributed by atoms with Gasteiger partial charge in [0.2, 0.25) is 5.82 Å². The van der Waals surface area contributed by atoms with E-state index in [1.54, 1.807) is 18.2 Å². The number of carbonyl (C=O) groups is 2. The van der Waals surface area contributed by atoms with Crippen LogP contribution in [0.1, 0.15) is 23.4 Å².